The molecular formula is C22H21F7N6O. The van der Waals surface area contributed by atoms with Crippen LogP contribution in [0.3, 0.4) is 0 Å². The first-order chi connectivity index (χ1) is 16.7. The third-order valence-corrected chi connectivity index (χ3v) is 6.55. The Hall–Kier alpha value is -3.58. The molecular weight excluding hydrogens is 497 g/mol. The van der Waals surface area contributed by atoms with E-state index >= 15 is 0 Å². The minimum Gasteiger partial charge on any atom is -0.369 e. The van der Waals surface area contributed by atoms with Gasteiger partial charge in [-0.1, -0.05) is 19.1 Å². The van der Waals surface area contributed by atoms with Crippen LogP contribution < -0.4 is 11.1 Å². The number of nitrogens with one attached hydrogen (secondary N) is 1. The molecule has 1 fully saturated rings. The van der Waals surface area contributed by atoms with Crippen molar-refractivity contribution in [2.45, 2.75) is 31.1 Å². The largest absolute Gasteiger partial charge is 0.435 e. The van der Waals surface area contributed by atoms with Crippen LogP contribution in [0, 0.1) is 11.7 Å². The van der Waals surface area contributed by atoms with Crippen molar-refractivity contribution in [1.82, 2.24) is 19.5 Å². The van der Waals surface area contributed by atoms with Crippen LogP contribution in [0.4, 0.5) is 41.3 Å². The van der Waals surface area contributed by atoms with Crippen molar-refractivity contribution in [1.29, 1.82) is 0 Å². The number of primary amides is 1. The standard InChI is InChI=1S/C22H21F7N6O/c1-20(12-2-4-14(23)5-3-12,13-6-7-34(10-13)19(30)36)11-31-17-8-15(21(24,25)26)32-18-9-16(22(27,28)29)33-35(17)18/h2-5,8-9,13,31H,6-7,10-11H2,1H3,(H2,30,36)/t13-,20-/m0/s1. The molecule has 0 bridgehead atoms. The third kappa shape index (κ3) is 4.88. The predicted octanol–water partition coefficient (Wildman–Crippen LogP) is 4.68. The van der Waals surface area contributed by atoms with E-state index < -0.39 is 46.7 Å². The summed E-state index contributed by atoms with van der Waals surface area (Å²) in [5.41, 5.74) is 1.70. The molecule has 2 atom stereocenters. The van der Waals surface area contributed by atoms with Crippen molar-refractivity contribution in [3.63, 3.8) is 0 Å². The van der Waals surface area contributed by atoms with Crippen LogP contribution in [0.2, 0.25) is 0 Å². The maximum absolute atomic E-state index is 13.6. The Labute approximate surface area is 200 Å². The number of anilines is 1. The van der Waals surface area contributed by atoms with Crippen molar-refractivity contribution in [3.8, 4) is 0 Å². The lowest BCUT2D eigenvalue weighted by Crippen LogP contribution is -2.42. The fourth-order valence-corrected chi connectivity index (χ4v) is 4.45. The van der Waals surface area contributed by atoms with E-state index in [-0.39, 0.29) is 24.8 Å². The molecule has 2 aromatic heterocycles. The summed E-state index contributed by atoms with van der Waals surface area (Å²) in [6.07, 6.45) is -9.32. The first-order valence-electron chi connectivity index (χ1n) is 10.8. The van der Waals surface area contributed by atoms with Crippen molar-refractivity contribution in [2.75, 3.05) is 25.0 Å². The van der Waals surface area contributed by atoms with E-state index in [1.54, 1.807) is 6.92 Å². The zero-order chi connectivity index (χ0) is 26.5. The topological polar surface area (TPSA) is 88.6 Å². The number of rotatable bonds is 5. The maximum Gasteiger partial charge on any atom is 0.435 e. The van der Waals surface area contributed by atoms with Crippen molar-refractivity contribution in [3.05, 3.63) is 59.2 Å². The molecule has 1 saturated heterocycles. The molecule has 2 amide bonds. The van der Waals surface area contributed by atoms with Crippen LogP contribution in [0.25, 0.3) is 5.65 Å². The number of amides is 2. The van der Waals surface area contributed by atoms with Crippen LogP contribution in [0.1, 0.15) is 30.3 Å². The monoisotopic (exact) mass is 518 g/mol. The Kier molecular flexibility index (Phi) is 6.25. The first-order valence-corrected chi connectivity index (χ1v) is 10.8. The highest BCUT2D eigenvalue weighted by Gasteiger charge is 2.42. The Morgan fingerprint density at radius 2 is 1.72 bits per heavy atom. The highest BCUT2D eigenvalue weighted by molar-refractivity contribution is 5.72. The van der Waals surface area contributed by atoms with Crippen LogP contribution in [0.15, 0.2) is 36.4 Å². The fourth-order valence-electron chi connectivity index (χ4n) is 4.45. The van der Waals surface area contributed by atoms with Crippen LogP contribution in [-0.4, -0.2) is 45.2 Å². The number of nitrogens with zero attached hydrogens (tertiary/aromatic N) is 4. The lowest BCUT2D eigenvalue weighted by Gasteiger charge is -2.37. The number of alkyl halides is 6. The molecule has 3 aromatic rings. The molecule has 1 aromatic carbocycles. The maximum atomic E-state index is 13.6. The number of aromatic nitrogens is 3. The molecule has 0 saturated carbocycles. The van der Waals surface area contributed by atoms with Gasteiger partial charge in [0.1, 0.15) is 11.6 Å². The molecule has 0 aliphatic carbocycles. The Balaban J connectivity index is 1.75. The van der Waals surface area contributed by atoms with Crippen molar-refractivity contribution in [2.24, 2.45) is 11.7 Å². The number of likely N-dealkylation sites (tertiary alicyclic amines) is 1. The second-order valence-corrected chi connectivity index (χ2v) is 8.87. The molecule has 14 heteroatoms. The van der Waals surface area contributed by atoms with E-state index in [0.29, 0.717) is 35.2 Å². The molecule has 3 heterocycles. The van der Waals surface area contributed by atoms with E-state index in [4.69, 9.17) is 5.73 Å². The van der Waals surface area contributed by atoms with Gasteiger partial charge in [-0.2, -0.15) is 36.0 Å². The highest BCUT2D eigenvalue weighted by atomic mass is 19.4. The normalized spacial score (nSPS) is 18.4. The molecule has 4 rings (SSSR count). The minimum atomic E-state index is -4.92. The predicted molar refractivity (Wildman–Crippen MR) is 114 cm³/mol. The first kappa shape index (κ1) is 25.5. The number of fused-ring (bicyclic) bond motifs is 1. The molecule has 0 radical (unpaired) electrons. The van der Waals surface area contributed by atoms with Gasteiger partial charge in [0.25, 0.3) is 0 Å². The van der Waals surface area contributed by atoms with E-state index in [9.17, 15) is 35.5 Å². The SMILES string of the molecule is C[C@](CNc1cc(C(F)(F)F)nc2cc(C(F)(F)F)nn12)(c1ccc(F)cc1)[C@H]1CCN(C(N)=O)C1. The number of hydrogen-bond donors (Lipinski definition) is 2. The number of nitrogens with two attached hydrogens (primary N) is 1. The molecule has 3 N–H and O–H groups in total. The van der Waals surface area contributed by atoms with Gasteiger partial charge >= 0.3 is 18.4 Å². The zero-order valence-corrected chi connectivity index (χ0v) is 18.8. The summed E-state index contributed by atoms with van der Waals surface area (Å²) in [6.45, 7) is 2.29. The van der Waals surface area contributed by atoms with Gasteiger partial charge in [-0.05, 0) is 30.0 Å². The molecule has 0 unspecified atom stereocenters. The molecule has 36 heavy (non-hydrogen) atoms. The van der Waals surface area contributed by atoms with E-state index in [0.717, 1.165) is 0 Å². The summed E-state index contributed by atoms with van der Waals surface area (Å²) in [5, 5.41) is 6.21. The van der Waals surface area contributed by atoms with Gasteiger partial charge in [0.2, 0.25) is 0 Å². The smallest absolute Gasteiger partial charge is 0.369 e. The highest BCUT2D eigenvalue weighted by Crippen LogP contribution is 2.39. The Bertz CT molecular complexity index is 1270. The Morgan fingerprint density at radius 3 is 2.28 bits per heavy atom. The average Bonchev–Trinajstić information content (AvgIpc) is 3.45. The van der Waals surface area contributed by atoms with Gasteiger partial charge in [-0.15, -0.1) is 0 Å². The second kappa shape index (κ2) is 8.82. The molecule has 194 valence electrons. The van der Waals surface area contributed by atoms with Gasteiger partial charge in [0.15, 0.2) is 17.0 Å². The van der Waals surface area contributed by atoms with Gasteiger partial charge in [-0.25, -0.2) is 14.2 Å². The minimum absolute atomic E-state index is 0.0759. The van der Waals surface area contributed by atoms with Crippen molar-refractivity contribution < 1.29 is 35.5 Å². The number of urea groups is 1. The fraction of sp³-hybridized carbons (Fsp3) is 0.409. The quantitative estimate of drug-likeness (QED) is 0.481. The van der Waals surface area contributed by atoms with Crippen LogP contribution in [-0.2, 0) is 17.8 Å². The van der Waals surface area contributed by atoms with Gasteiger partial charge in [0, 0.05) is 37.2 Å². The molecule has 1 aliphatic heterocycles. The van der Waals surface area contributed by atoms with Crippen molar-refractivity contribution >= 4 is 17.5 Å². The number of carbonyl (C=O) groups excluding carboxylic acids is 1. The molecule has 7 nitrogen and oxygen atoms in total. The molecule has 0 spiro atoms. The van der Waals surface area contributed by atoms with Crippen LogP contribution >= 0.6 is 0 Å². The summed E-state index contributed by atoms with van der Waals surface area (Å²) in [7, 11) is 0. The summed E-state index contributed by atoms with van der Waals surface area (Å²) < 4.78 is 94.2. The van der Waals surface area contributed by atoms with Gasteiger partial charge in [0.05, 0.1) is 0 Å². The van der Waals surface area contributed by atoms with E-state index in [1.807, 2.05) is 0 Å². The Morgan fingerprint density at radius 1 is 1.08 bits per heavy atom. The third-order valence-electron chi connectivity index (χ3n) is 6.55. The summed E-state index contributed by atoms with van der Waals surface area (Å²) in [5.74, 6) is -1.10. The number of hydrogen-bond acceptors (Lipinski definition) is 4. The summed E-state index contributed by atoms with van der Waals surface area (Å²) >= 11 is 0. The summed E-state index contributed by atoms with van der Waals surface area (Å²) in [4.78, 5) is 16.4. The average molecular weight is 518 g/mol. The summed E-state index contributed by atoms with van der Waals surface area (Å²) in [6, 6.07) is 5.87. The van der Waals surface area contributed by atoms with Crippen LogP contribution in [0.5, 0.6) is 0 Å². The van der Waals surface area contributed by atoms with Gasteiger partial charge in [-0.3, -0.25) is 0 Å². The van der Waals surface area contributed by atoms with E-state index in [2.05, 4.69) is 15.4 Å². The zero-order valence-electron chi connectivity index (χ0n) is 18.8. The number of carbonyl (C=O) groups is 1. The molecule has 1 aliphatic rings. The number of halogens is 7. The second-order valence-electron chi connectivity index (χ2n) is 8.87. The lowest BCUT2D eigenvalue weighted by molar-refractivity contribution is -0.142. The van der Waals surface area contributed by atoms with E-state index in [1.165, 1.54) is 29.2 Å². The van der Waals surface area contributed by atoms with Gasteiger partial charge < -0.3 is 16.0 Å². The lowest BCUT2D eigenvalue weighted by atomic mass is 9.71. The number of benzene rings is 1.